The highest BCUT2D eigenvalue weighted by atomic mass is 32.1. The Morgan fingerprint density at radius 1 is 1.47 bits per heavy atom. The van der Waals surface area contributed by atoms with Gasteiger partial charge in [0.2, 0.25) is 0 Å². The Balaban J connectivity index is 3.25. The van der Waals surface area contributed by atoms with Crippen LogP contribution in [0.1, 0.15) is 22.0 Å². The third-order valence-electron chi connectivity index (χ3n) is 2.42. The lowest BCUT2D eigenvalue weighted by molar-refractivity contribution is 0.0331. The van der Waals surface area contributed by atoms with Crippen molar-refractivity contribution in [3.05, 3.63) is 23.3 Å². The van der Waals surface area contributed by atoms with E-state index in [0.717, 1.165) is 0 Å². The average molecular weight is 258 g/mol. The van der Waals surface area contributed by atoms with Gasteiger partial charge < -0.3 is 20.1 Å². The zero-order chi connectivity index (χ0) is 13.0. The maximum atomic E-state index is 10.9. The molecule has 6 heteroatoms. The van der Waals surface area contributed by atoms with Gasteiger partial charge in [0.1, 0.15) is 6.10 Å². The Morgan fingerprint density at radius 2 is 2.12 bits per heavy atom. The maximum absolute atomic E-state index is 10.9. The lowest BCUT2D eigenvalue weighted by Crippen LogP contribution is -2.21. The maximum Gasteiger partial charge on any atom is 0.168 e. The number of hydrogen-bond donors (Lipinski definition) is 4. The Bertz CT molecular complexity index is 407. The van der Waals surface area contributed by atoms with Crippen molar-refractivity contribution < 1.29 is 24.9 Å². The Morgan fingerprint density at radius 3 is 2.59 bits per heavy atom. The lowest BCUT2D eigenvalue weighted by atomic mass is 9.98. The van der Waals surface area contributed by atoms with Crippen molar-refractivity contribution in [1.29, 1.82) is 0 Å². The fraction of sp³-hybridized carbons (Fsp3) is 0.364. The van der Waals surface area contributed by atoms with Crippen LogP contribution in [0, 0.1) is 0 Å². The predicted molar refractivity (Wildman–Crippen MR) is 64.9 cm³/mol. The number of aldehydes is 1. The molecule has 94 valence electrons. The van der Waals surface area contributed by atoms with Gasteiger partial charge in [-0.25, -0.2) is 0 Å². The highest BCUT2D eigenvalue weighted by Crippen LogP contribution is 2.34. The molecule has 0 bridgehead atoms. The number of aromatic hydroxyl groups is 1. The second kappa shape index (κ2) is 5.90. The molecule has 0 aliphatic rings. The number of benzene rings is 1. The standard InChI is InChI=1S/C11H14O5S/c1-16-9-3-2-6(7(4-12)11(9)15)10(14)8(13)5-17/h2-4,8,10,13-15,17H,5H2,1H3. The number of thiol groups is 1. The molecule has 0 spiro atoms. The summed E-state index contributed by atoms with van der Waals surface area (Å²) in [5.74, 6) is -0.194. The first-order chi connectivity index (χ1) is 8.06. The van der Waals surface area contributed by atoms with Crippen LogP contribution in [-0.2, 0) is 0 Å². The monoisotopic (exact) mass is 258 g/mol. The van der Waals surface area contributed by atoms with Crippen LogP contribution < -0.4 is 4.74 Å². The van der Waals surface area contributed by atoms with E-state index < -0.39 is 12.2 Å². The fourth-order valence-electron chi connectivity index (χ4n) is 1.46. The molecule has 2 unspecified atom stereocenters. The molecular weight excluding hydrogens is 244 g/mol. The van der Waals surface area contributed by atoms with Crippen LogP contribution in [0.3, 0.4) is 0 Å². The van der Waals surface area contributed by atoms with Gasteiger partial charge in [-0.05, 0) is 11.6 Å². The molecule has 5 nitrogen and oxygen atoms in total. The van der Waals surface area contributed by atoms with Gasteiger partial charge in [0, 0.05) is 5.75 Å². The minimum absolute atomic E-state index is 0.0340. The molecule has 3 N–H and O–H groups in total. The first kappa shape index (κ1) is 13.8. The molecule has 0 saturated heterocycles. The average Bonchev–Trinajstić information content (AvgIpc) is 2.36. The zero-order valence-corrected chi connectivity index (χ0v) is 10.1. The second-order valence-electron chi connectivity index (χ2n) is 3.43. The van der Waals surface area contributed by atoms with Gasteiger partial charge in [0.25, 0.3) is 0 Å². The molecule has 0 radical (unpaired) electrons. The number of ether oxygens (including phenoxy) is 1. The minimum Gasteiger partial charge on any atom is -0.504 e. The summed E-state index contributed by atoms with van der Waals surface area (Å²) in [7, 11) is 1.35. The molecular formula is C11H14O5S. The van der Waals surface area contributed by atoms with Crippen LogP contribution in [0.4, 0.5) is 0 Å². The quantitative estimate of drug-likeness (QED) is 0.457. The Labute approximate surface area is 104 Å². The van der Waals surface area contributed by atoms with Crippen LogP contribution in [0.25, 0.3) is 0 Å². The topological polar surface area (TPSA) is 87.0 Å². The molecule has 0 heterocycles. The van der Waals surface area contributed by atoms with Crippen molar-refractivity contribution in [2.75, 3.05) is 12.9 Å². The molecule has 0 amide bonds. The summed E-state index contributed by atoms with van der Waals surface area (Å²) in [5, 5.41) is 28.9. The van der Waals surface area contributed by atoms with E-state index in [1.807, 2.05) is 0 Å². The van der Waals surface area contributed by atoms with Crippen molar-refractivity contribution in [1.82, 2.24) is 0 Å². The van der Waals surface area contributed by atoms with E-state index in [1.54, 1.807) is 0 Å². The molecule has 1 aromatic carbocycles. The molecule has 0 saturated carbocycles. The van der Waals surface area contributed by atoms with Gasteiger partial charge in [-0.3, -0.25) is 4.79 Å². The van der Waals surface area contributed by atoms with Crippen molar-refractivity contribution in [3.8, 4) is 11.5 Å². The second-order valence-corrected chi connectivity index (χ2v) is 3.80. The number of aliphatic hydroxyl groups excluding tert-OH is 2. The van der Waals surface area contributed by atoms with Crippen molar-refractivity contribution in [3.63, 3.8) is 0 Å². The molecule has 0 aromatic heterocycles. The first-order valence-corrected chi connectivity index (χ1v) is 5.52. The number of phenols is 1. The molecule has 1 rings (SSSR count). The summed E-state index contributed by atoms with van der Waals surface area (Å²) in [6.45, 7) is 0. The van der Waals surface area contributed by atoms with Gasteiger partial charge in [0.05, 0.1) is 18.8 Å². The largest absolute Gasteiger partial charge is 0.504 e. The van der Waals surface area contributed by atoms with Gasteiger partial charge in [-0.2, -0.15) is 12.6 Å². The van der Waals surface area contributed by atoms with Crippen molar-refractivity contribution in [2.45, 2.75) is 12.2 Å². The van der Waals surface area contributed by atoms with E-state index in [4.69, 9.17) is 4.74 Å². The summed E-state index contributed by atoms with van der Waals surface area (Å²) >= 11 is 3.85. The number of carbonyl (C=O) groups excluding carboxylic acids is 1. The summed E-state index contributed by atoms with van der Waals surface area (Å²) in [5.41, 5.74) is 0.0394. The van der Waals surface area contributed by atoms with Crippen LogP contribution in [0.15, 0.2) is 12.1 Å². The first-order valence-electron chi connectivity index (χ1n) is 4.88. The van der Waals surface area contributed by atoms with E-state index >= 15 is 0 Å². The highest BCUT2D eigenvalue weighted by molar-refractivity contribution is 7.80. The smallest absolute Gasteiger partial charge is 0.168 e. The number of aliphatic hydroxyl groups is 2. The number of hydrogen-bond acceptors (Lipinski definition) is 6. The molecule has 0 aliphatic heterocycles. The highest BCUT2D eigenvalue weighted by Gasteiger charge is 2.23. The zero-order valence-electron chi connectivity index (χ0n) is 9.20. The summed E-state index contributed by atoms with van der Waals surface area (Å²) < 4.78 is 4.84. The van der Waals surface area contributed by atoms with Gasteiger partial charge in [-0.1, -0.05) is 6.07 Å². The fourth-order valence-corrected chi connectivity index (χ4v) is 1.66. The van der Waals surface area contributed by atoms with Crippen LogP contribution >= 0.6 is 12.6 Å². The minimum atomic E-state index is -1.29. The van der Waals surface area contributed by atoms with E-state index in [2.05, 4.69) is 12.6 Å². The van der Waals surface area contributed by atoms with E-state index in [0.29, 0.717) is 6.29 Å². The molecule has 1 aromatic rings. The Hall–Kier alpha value is -1.24. The van der Waals surface area contributed by atoms with Crippen LogP contribution in [-0.4, -0.2) is 40.6 Å². The third-order valence-corrected chi connectivity index (χ3v) is 2.80. The normalized spacial score (nSPS) is 14.1. The third kappa shape index (κ3) is 2.71. The lowest BCUT2D eigenvalue weighted by Gasteiger charge is -2.19. The molecule has 2 atom stereocenters. The summed E-state index contributed by atoms with van der Waals surface area (Å²) in [6, 6.07) is 2.83. The van der Waals surface area contributed by atoms with Crippen LogP contribution in [0.5, 0.6) is 11.5 Å². The number of carbonyl (C=O) groups is 1. The molecule has 17 heavy (non-hydrogen) atoms. The van der Waals surface area contributed by atoms with Crippen LogP contribution in [0.2, 0.25) is 0 Å². The Kier molecular flexibility index (Phi) is 4.80. The van der Waals surface area contributed by atoms with Crippen molar-refractivity contribution in [2.24, 2.45) is 0 Å². The van der Waals surface area contributed by atoms with E-state index in [1.165, 1.54) is 19.2 Å². The van der Waals surface area contributed by atoms with Gasteiger partial charge >= 0.3 is 0 Å². The number of rotatable bonds is 5. The van der Waals surface area contributed by atoms with Gasteiger partial charge in [0.15, 0.2) is 17.8 Å². The predicted octanol–water partition coefficient (Wildman–Crippen LogP) is 0.537. The van der Waals surface area contributed by atoms with E-state index in [-0.39, 0.29) is 28.4 Å². The number of methoxy groups -OCH3 is 1. The van der Waals surface area contributed by atoms with Gasteiger partial charge in [-0.15, -0.1) is 0 Å². The summed E-state index contributed by atoms with van der Waals surface area (Å²) in [6.07, 6.45) is -2.00. The number of phenolic OH excluding ortho intramolecular Hbond substituents is 1. The summed E-state index contributed by atoms with van der Waals surface area (Å²) in [4.78, 5) is 10.9. The molecule has 0 aliphatic carbocycles. The van der Waals surface area contributed by atoms with Crippen molar-refractivity contribution >= 4 is 18.9 Å². The SMILES string of the molecule is COc1ccc(C(O)C(O)CS)c(C=O)c1O. The van der Waals surface area contributed by atoms with E-state index in [9.17, 15) is 20.1 Å². The molecule has 0 fully saturated rings.